The van der Waals surface area contributed by atoms with Gasteiger partial charge in [0.25, 0.3) is 0 Å². The fourth-order valence-electron chi connectivity index (χ4n) is 3.50. The van der Waals surface area contributed by atoms with Crippen molar-refractivity contribution < 1.29 is 9.50 Å². The highest BCUT2D eigenvalue weighted by molar-refractivity contribution is 8.13. The zero-order valence-electron chi connectivity index (χ0n) is 14.4. The first kappa shape index (κ1) is 17.6. The molecule has 138 valence electrons. The molecule has 1 fully saturated rings. The molecule has 4 heterocycles. The lowest BCUT2D eigenvalue weighted by molar-refractivity contribution is 0.0693. The van der Waals surface area contributed by atoms with E-state index in [4.69, 9.17) is 10.7 Å². The predicted molar refractivity (Wildman–Crippen MR) is 101 cm³/mol. The molecule has 26 heavy (non-hydrogen) atoms. The molecule has 0 aliphatic carbocycles. The molecular weight excluding hydrogens is 375 g/mol. The van der Waals surface area contributed by atoms with Crippen molar-refractivity contribution >= 4 is 34.4 Å². The van der Waals surface area contributed by atoms with Crippen LogP contribution in [0.3, 0.4) is 0 Å². The maximum Gasteiger partial charge on any atom is 0.225 e. The summed E-state index contributed by atoms with van der Waals surface area (Å²) >= 11 is 2.96. The van der Waals surface area contributed by atoms with E-state index in [1.165, 1.54) is 25.4 Å². The van der Waals surface area contributed by atoms with Crippen LogP contribution in [0, 0.1) is 11.7 Å². The summed E-state index contributed by atoms with van der Waals surface area (Å²) < 4.78 is 18.3. The predicted octanol–water partition coefficient (Wildman–Crippen LogP) is 1.69. The van der Waals surface area contributed by atoms with Crippen LogP contribution in [0.25, 0.3) is 0 Å². The van der Waals surface area contributed by atoms with Crippen LogP contribution in [-0.4, -0.2) is 43.5 Å². The Bertz CT molecular complexity index is 853. The average Bonchev–Trinajstić information content (AvgIpc) is 3.22. The maximum absolute atomic E-state index is 14.0. The first-order valence-corrected chi connectivity index (χ1v) is 9.95. The number of hydrogen-bond acceptors (Lipinski definition) is 9. The first-order chi connectivity index (χ1) is 12.3. The number of nitrogens with zero attached hydrogens (tertiary/aromatic N) is 5. The smallest absolute Gasteiger partial charge is 0.225 e. The second-order valence-corrected chi connectivity index (χ2v) is 8.94. The van der Waals surface area contributed by atoms with E-state index < -0.39 is 17.0 Å². The molecule has 0 radical (unpaired) electrons. The summed E-state index contributed by atoms with van der Waals surface area (Å²) in [6.45, 7) is 4.23. The van der Waals surface area contributed by atoms with Crippen LogP contribution in [0.4, 0.5) is 10.3 Å². The molecule has 2 aliphatic rings. The topological polar surface area (TPSA) is 101 Å². The van der Waals surface area contributed by atoms with Crippen molar-refractivity contribution in [3.05, 3.63) is 34.8 Å². The Labute approximate surface area is 158 Å². The number of aromatic nitrogens is 3. The van der Waals surface area contributed by atoms with Crippen LogP contribution >= 0.6 is 23.3 Å². The summed E-state index contributed by atoms with van der Waals surface area (Å²) in [6, 6.07) is 1.97. The SMILES string of the molecule is CC(C)(O)c1nc(N2C[C@H]3CSC(N)=NC3(c3ccns3)C2)ncc1F. The highest BCUT2D eigenvalue weighted by atomic mass is 32.2. The molecule has 10 heteroatoms. The van der Waals surface area contributed by atoms with Crippen LogP contribution in [0.15, 0.2) is 23.5 Å². The molecule has 1 saturated heterocycles. The van der Waals surface area contributed by atoms with Crippen LogP contribution in [-0.2, 0) is 11.1 Å². The second kappa shape index (κ2) is 6.14. The summed E-state index contributed by atoms with van der Waals surface area (Å²) in [6.07, 6.45) is 2.88. The van der Waals surface area contributed by atoms with Crippen LogP contribution in [0.2, 0.25) is 0 Å². The third-order valence-electron chi connectivity index (χ3n) is 4.75. The van der Waals surface area contributed by atoms with Gasteiger partial charge < -0.3 is 15.7 Å². The minimum Gasteiger partial charge on any atom is -0.384 e. The van der Waals surface area contributed by atoms with Gasteiger partial charge in [-0.15, -0.1) is 0 Å². The second-order valence-electron chi connectivity index (χ2n) is 7.06. The lowest BCUT2D eigenvalue weighted by atomic mass is 9.87. The molecule has 0 aromatic carbocycles. The molecule has 2 aliphatic heterocycles. The minimum atomic E-state index is -1.39. The minimum absolute atomic E-state index is 0.0124. The fourth-order valence-corrected chi connectivity index (χ4v) is 5.27. The maximum atomic E-state index is 14.0. The van der Waals surface area contributed by atoms with Crippen LogP contribution in [0.5, 0.6) is 0 Å². The number of fused-ring (bicyclic) bond motifs is 1. The van der Waals surface area contributed by atoms with E-state index in [1.807, 2.05) is 11.0 Å². The molecule has 0 spiro atoms. The zero-order valence-corrected chi connectivity index (χ0v) is 16.0. The number of nitrogens with two attached hydrogens (primary N) is 1. The van der Waals surface area contributed by atoms with Crippen LogP contribution < -0.4 is 10.6 Å². The first-order valence-electron chi connectivity index (χ1n) is 8.19. The van der Waals surface area contributed by atoms with Gasteiger partial charge in [0.1, 0.15) is 16.8 Å². The standard InChI is InChI=1S/C16H19FN6OS2/c1-15(2,24)12-10(17)5-19-14(21-12)23-6-9-7-25-13(18)22-16(9,8-23)11-3-4-20-26-11/h3-5,9,24H,6-8H2,1-2H3,(H2,18,22)/t9-,16?/m0/s1. The summed E-state index contributed by atoms with van der Waals surface area (Å²) in [5.74, 6) is 0.830. The Balaban J connectivity index is 1.74. The average molecular weight is 395 g/mol. The van der Waals surface area contributed by atoms with Gasteiger partial charge in [0.2, 0.25) is 5.95 Å². The van der Waals surface area contributed by atoms with Crippen molar-refractivity contribution in [1.82, 2.24) is 14.3 Å². The molecule has 2 aromatic heterocycles. The highest BCUT2D eigenvalue weighted by Gasteiger charge is 2.51. The Hall–Kier alpha value is -1.78. The Morgan fingerprint density at radius 2 is 2.27 bits per heavy atom. The molecule has 0 saturated carbocycles. The zero-order chi connectivity index (χ0) is 18.5. The lowest BCUT2D eigenvalue weighted by Crippen LogP contribution is -2.39. The normalized spacial score (nSPS) is 25.9. The summed E-state index contributed by atoms with van der Waals surface area (Å²) in [5.41, 5.74) is 4.15. The third-order valence-corrected chi connectivity index (χ3v) is 6.62. The Kier molecular flexibility index (Phi) is 4.16. The summed E-state index contributed by atoms with van der Waals surface area (Å²) in [5, 5.41) is 10.7. The van der Waals surface area contributed by atoms with Crippen molar-refractivity contribution in [1.29, 1.82) is 0 Å². The number of hydrogen-bond donors (Lipinski definition) is 2. The van der Waals surface area contributed by atoms with Gasteiger partial charge in [0, 0.05) is 24.4 Å². The Morgan fingerprint density at radius 3 is 2.96 bits per heavy atom. The van der Waals surface area contributed by atoms with E-state index in [-0.39, 0.29) is 11.6 Å². The van der Waals surface area contributed by atoms with Gasteiger partial charge in [0.15, 0.2) is 11.0 Å². The molecule has 4 rings (SSSR count). The lowest BCUT2D eigenvalue weighted by Gasteiger charge is -2.32. The molecule has 0 amide bonds. The van der Waals surface area contributed by atoms with Gasteiger partial charge in [0.05, 0.1) is 17.6 Å². The number of aliphatic imine (C=N–C) groups is 1. The fraction of sp³-hybridized carbons (Fsp3) is 0.500. The van der Waals surface area contributed by atoms with E-state index in [2.05, 4.69) is 14.3 Å². The monoisotopic (exact) mass is 394 g/mol. The number of amidine groups is 1. The molecule has 2 aromatic rings. The van der Waals surface area contributed by atoms with E-state index >= 15 is 0 Å². The largest absolute Gasteiger partial charge is 0.384 e. The number of aliphatic hydroxyl groups is 1. The molecule has 0 bridgehead atoms. The van der Waals surface area contributed by atoms with E-state index in [1.54, 1.807) is 18.0 Å². The molecule has 1 unspecified atom stereocenters. The molecular formula is C16H19FN6OS2. The van der Waals surface area contributed by atoms with Gasteiger partial charge in [-0.1, -0.05) is 11.8 Å². The molecule has 2 atom stereocenters. The summed E-state index contributed by atoms with van der Waals surface area (Å²) in [7, 11) is 0. The number of halogens is 1. The van der Waals surface area contributed by atoms with Crippen molar-refractivity contribution in [2.75, 3.05) is 23.7 Å². The molecule has 3 N–H and O–H groups in total. The van der Waals surface area contributed by atoms with Crippen molar-refractivity contribution in [2.24, 2.45) is 16.6 Å². The van der Waals surface area contributed by atoms with E-state index in [9.17, 15) is 9.50 Å². The number of thioether (sulfide) groups is 1. The van der Waals surface area contributed by atoms with Gasteiger partial charge in [-0.25, -0.2) is 23.7 Å². The Morgan fingerprint density at radius 1 is 1.46 bits per heavy atom. The van der Waals surface area contributed by atoms with Gasteiger partial charge >= 0.3 is 0 Å². The number of anilines is 1. The summed E-state index contributed by atoms with van der Waals surface area (Å²) in [4.78, 5) is 16.3. The van der Waals surface area contributed by atoms with Gasteiger partial charge in [-0.05, 0) is 31.4 Å². The van der Waals surface area contributed by atoms with Gasteiger partial charge in [-0.2, -0.15) is 0 Å². The van der Waals surface area contributed by atoms with Crippen molar-refractivity contribution in [2.45, 2.75) is 25.0 Å². The number of rotatable bonds is 3. The highest BCUT2D eigenvalue weighted by Crippen LogP contribution is 2.47. The quantitative estimate of drug-likeness (QED) is 0.817. The third kappa shape index (κ3) is 2.85. The van der Waals surface area contributed by atoms with Crippen LogP contribution in [0.1, 0.15) is 24.4 Å². The van der Waals surface area contributed by atoms with Crippen molar-refractivity contribution in [3.8, 4) is 0 Å². The van der Waals surface area contributed by atoms with Crippen molar-refractivity contribution in [3.63, 3.8) is 0 Å². The van der Waals surface area contributed by atoms with Gasteiger partial charge in [-0.3, -0.25) is 0 Å². The van der Waals surface area contributed by atoms with E-state index in [0.29, 0.717) is 24.2 Å². The molecule has 7 nitrogen and oxygen atoms in total. The van der Waals surface area contributed by atoms with E-state index in [0.717, 1.165) is 16.8 Å².